The van der Waals surface area contributed by atoms with Crippen LogP contribution in [0.2, 0.25) is 0 Å². The van der Waals surface area contributed by atoms with E-state index in [1.54, 1.807) is 0 Å². The predicted molar refractivity (Wildman–Crippen MR) is 72.7 cm³/mol. The molecule has 132 valence electrons. The molecular weight excluding hydrogens is 409 g/mol. The summed E-state index contributed by atoms with van der Waals surface area (Å²) in [4.78, 5) is 59.3. The van der Waals surface area contributed by atoms with E-state index in [1.165, 1.54) is 0 Å². The Morgan fingerprint density at radius 1 is 0.519 bits per heavy atom. The summed E-state index contributed by atoms with van der Waals surface area (Å²) in [6, 6.07) is 0. The topological polar surface area (TPSA) is 241 Å². The number of carbonyl (C=O) groups is 6. The standard InChI is InChI=1S/2C6H6O6.3Mg/c2*7-4(8)1-3(6(11)12)2-5(9)10;;;/h2*1H,2H2,(H,7,8)(H,9,10)(H,11,12);;;/q;;3*+2/p-6. The zero-order valence-electron chi connectivity index (χ0n) is 13.6. The molecule has 0 aromatic heterocycles. The van der Waals surface area contributed by atoms with Gasteiger partial charge in [0, 0.05) is 24.8 Å². The number of carbonyl (C=O) groups excluding carboxylic acids is 6. The van der Waals surface area contributed by atoms with Gasteiger partial charge >= 0.3 is 69.2 Å². The Kier molecular flexibility index (Phi) is 26.2. The van der Waals surface area contributed by atoms with Gasteiger partial charge in [0.05, 0.1) is 23.9 Å². The van der Waals surface area contributed by atoms with Crippen molar-refractivity contribution < 1.29 is 59.4 Å². The van der Waals surface area contributed by atoms with Gasteiger partial charge in [0.25, 0.3) is 0 Å². The molecule has 0 bridgehead atoms. The van der Waals surface area contributed by atoms with Crippen molar-refractivity contribution in [2.24, 2.45) is 0 Å². The SMILES string of the molecule is O=C([O-])C=C(CC(=O)[O-])C(=O)[O-].O=C([O-])C=C(CC(=O)[O-])C(=O)[O-].[Mg+2].[Mg+2].[Mg+2]. The van der Waals surface area contributed by atoms with E-state index in [-0.39, 0.29) is 81.3 Å². The van der Waals surface area contributed by atoms with Gasteiger partial charge < -0.3 is 59.4 Å². The van der Waals surface area contributed by atoms with Gasteiger partial charge in [0.15, 0.2) is 0 Å². The van der Waals surface area contributed by atoms with E-state index in [9.17, 15) is 59.4 Å². The second kappa shape index (κ2) is 19.4. The first-order valence-corrected chi connectivity index (χ1v) is 5.52. The maximum atomic E-state index is 10.0. The van der Waals surface area contributed by atoms with Crippen LogP contribution >= 0.6 is 0 Å². The van der Waals surface area contributed by atoms with Gasteiger partial charge in [-0.05, 0) is 23.3 Å². The van der Waals surface area contributed by atoms with Gasteiger partial charge in [-0.1, -0.05) is 0 Å². The van der Waals surface area contributed by atoms with Crippen molar-refractivity contribution in [3.63, 3.8) is 0 Å². The molecule has 27 heavy (non-hydrogen) atoms. The molecular formula is C12H6Mg3O12. The Morgan fingerprint density at radius 2 is 0.741 bits per heavy atom. The van der Waals surface area contributed by atoms with Crippen molar-refractivity contribution in [2.45, 2.75) is 12.8 Å². The van der Waals surface area contributed by atoms with Crippen LogP contribution in [0.4, 0.5) is 0 Å². The van der Waals surface area contributed by atoms with Crippen LogP contribution in [0.1, 0.15) is 12.8 Å². The van der Waals surface area contributed by atoms with Crippen molar-refractivity contribution in [1.82, 2.24) is 0 Å². The fourth-order valence-electron chi connectivity index (χ4n) is 0.960. The summed E-state index contributed by atoms with van der Waals surface area (Å²) in [6.45, 7) is 0. The summed E-state index contributed by atoms with van der Waals surface area (Å²) < 4.78 is 0. The second-order valence-electron chi connectivity index (χ2n) is 3.65. The third-order valence-electron chi connectivity index (χ3n) is 1.78. The minimum absolute atomic E-state index is 0. The fourth-order valence-corrected chi connectivity index (χ4v) is 0.960. The molecule has 0 aromatic rings. The maximum absolute atomic E-state index is 10.0. The average Bonchev–Trinajstić information content (AvgIpc) is 2.35. The first kappa shape index (κ1) is 36.5. The van der Waals surface area contributed by atoms with E-state index < -0.39 is 59.8 Å². The Labute approximate surface area is 199 Å². The zero-order valence-corrected chi connectivity index (χ0v) is 17.8. The molecule has 0 aliphatic heterocycles. The molecule has 0 saturated carbocycles. The van der Waals surface area contributed by atoms with Crippen LogP contribution in [0.15, 0.2) is 23.3 Å². The Morgan fingerprint density at radius 3 is 0.852 bits per heavy atom. The molecule has 0 rings (SSSR count). The van der Waals surface area contributed by atoms with Crippen molar-refractivity contribution in [3.8, 4) is 0 Å². The minimum Gasteiger partial charge on any atom is -0.550 e. The van der Waals surface area contributed by atoms with Crippen LogP contribution in [0.3, 0.4) is 0 Å². The third-order valence-corrected chi connectivity index (χ3v) is 1.78. The van der Waals surface area contributed by atoms with Crippen LogP contribution in [0.25, 0.3) is 0 Å². The van der Waals surface area contributed by atoms with E-state index in [4.69, 9.17) is 0 Å². The van der Waals surface area contributed by atoms with Gasteiger partial charge in [-0.25, -0.2) is 0 Å². The van der Waals surface area contributed by atoms with Crippen LogP contribution in [0, 0.1) is 0 Å². The molecule has 0 radical (unpaired) electrons. The maximum Gasteiger partial charge on any atom is 2.00 e. The smallest absolute Gasteiger partial charge is 0.550 e. The van der Waals surface area contributed by atoms with E-state index in [2.05, 4.69) is 0 Å². The first-order chi connectivity index (χ1) is 10.9. The summed E-state index contributed by atoms with van der Waals surface area (Å²) in [5.74, 6) is -10.7. The van der Waals surface area contributed by atoms with Crippen molar-refractivity contribution in [1.29, 1.82) is 0 Å². The van der Waals surface area contributed by atoms with E-state index in [0.717, 1.165) is 0 Å². The van der Waals surface area contributed by atoms with E-state index in [0.29, 0.717) is 0 Å². The minimum atomic E-state index is -1.87. The van der Waals surface area contributed by atoms with E-state index >= 15 is 0 Å². The molecule has 0 aliphatic rings. The van der Waals surface area contributed by atoms with Gasteiger partial charge in [-0.2, -0.15) is 0 Å². The summed E-state index contributed by atoms with van der Waals surface area (Å²) in [5, 5.41) is 59.3. The number of hydrogen-bond donors (Lipinski definition) is 0. The summed E-state index contributed by atoms with van der Waals surface area (Å²) >= 11 is 0. The van der Waals surface area contributed by atoms with Gasteiger partial charge in [0.1, 0.15) is 0 Å². The molecule has 0 N–H and O–H groups in total. The molecule has 0 unspecified atom stereocenters. The quantitative estimate of drug-likeness (QED) is 0.265. The molecule has 12 nitrogen and oxygen atoms in total. The monoisotopic (exact) mass is 414 g/mol. The Balaban J connectivity index is -0.000000108. The number of carboxylic acid groups (broad SMARTS) is 6. The molecule has 0 amide bonds. The molecule has 0 heterocycles. The summed E-state index contributed by atoms with van der Waals surface area (Å²) in [6.07, 6.45) is -1.75. The largest absolute Gasteiger partial charge is 2.00 e. The molecule has 0 aromatic carbocycles. The first-order valence-electron chi connectivity index (χ1n) is 5.52. The Hall–Kier alpha value is -1.40. The van der Waals surface area contributed by atoms with Crippen LogP contribution < -0.4 is 30.6 Å². The zero-order chi connectivity index (χ0) is 19.4. The van der Waals surface area contributed by atoms with Crippen molar-refractivity contribution in [3.05, 3.63) is 23.3 Å². The molecule has 0 aliphatic carbocycles. The average molecular weight is 415 g/mol. The van der Waals surface area contributed by atoms with Crippen LogP contribution in [-0.4, -0.2) is 105 Å². The van der Waals surface area contributed by atoms with Crippen molar-refractivity contribution in [2.75, 3.05) is 0 Å². The number of hydrogen-bond acceptors (Lipinski definition) is 12. The molecule has 0 atom stereocenters. The van der Waals surface area contributed by atoms with E-state index in [1.807, 2.05) is 0 Å². The number of rotatable bonds is 8. The Bertz CT molecular complexity index is 569. The fraction of sp³-hybridized carbons (Fsp3) is 0.167. The normalized spacial score (nSPS) is 9.63. The molecule has 0 spiro atoms. The molecule has 0 fully saturated rings. The molecule has 0 saturated heterocycles. The summed E-state index contributed by atoms with van der Waals surface area (Å²) in [7, 11) is 0. The van der Waals surface area contributed by atoms with Crippen molar-refractivity contribution >= 4 is 105 Å². The third kappa shape index (κ3) is 24.6. The van der Waals surface area contributed by atoms with Gasteiger partial charge in [0.2, 0.25) is 0 Å². The van der Waals surface area contributed by atoms with Crippen LogP contribution in [0.5, 0.6) is 0 Å². The van der Waals surface area contributed by atoms with Gasteiger partial charge in [-0.3, -0.25) is 0 Å². The predicted octanol–water partition coefficient (Wildman–Crippen LogP) is -10.0. The van der Waals surface area contributed by atoms with Crippen LogP contribution in [-0.2, 0) is 28.8 Å². The number of carboxylic acids is 6. The summed E-state index contributed by atoms with van der Waals surface area (Å²) in [5.41, 5.74) is -1.79. The molecule has 15 heteroatoms. The second-order valence-corrected chi connectivity index (χ2v) is 3.65. The van der Waals surface area contributed by atoms with Gasteiger partial charge in [-0.15, -0.1) is 0 Å². The number of aliphatic carboxylic acids is 6.